The van der Waals surface area contributed by atoms with Crippen molar-refractivity contribution in [2.45, 2.75) is 37.9 Å². The lowest BCUT2D eigenvalue weighted by atomic mass is 10.3. The Kier molecular flexibility index (Phi) is 3.22. The van der Waals surface area contributed by atoms with Crippen LogP contribution in [0.15, 0.2) is 11.2 Å². The number of aryl methyl sites for hydroxylation is 2. The minimum Gasteiger partial charge on any atom is -0.377 e. The molecule has 0 bridgehead atoms. The van der Waals surface area contributed by atoms with Crippen LogP contribution in [0.2, 0.25) is 0 Å². The van der Waals surface area contributed by atoms with Crippen LogP contribution in [-0.2, 0) is 4.74 Å². The van der Waals surface area contributed by atoms with Crippen LogP contribution in [0.4, 0.5) is 0 Å². The van der Waals surface area contributed by atoms with E-state index in [1.54, 1.807) is 16.3 Å². The summed E-state index contributed by atoms with van der Waals surface area (Å²) < 4.78 is 7.39. The molecule has 0 saturated carbocycles. The Balaban J connectivity index is 1.78. The third-order valence-corrected chi connectivity index (χ3v) is 3.99. The average Bonchev–Trinajstić information content (AvgIpc) is 2.93. The van der Waals surface area contributed by atoms with E-state index in [-0.39, 0.29) is 0 Å². The largest absolute Gasteiger partial charge is 0.377 e. The Bertz CT molecular complexity index is 562. The summed E-state index contributed by atoms with van der Waals surface area (Å²) in [5.41, 5.74) is 2.04. The smallest absolute Gasteiger partial charge is 0.253 e. The van der Waals surface area contributed by atoms with Gasteiger partial charge in [0.1, 0.15) is 0 Å². The highest BCUT2D eigenvalue weighted by Gasteiger charge is 2.17. The van der Waals surface area contributed by atoms with Gasteiger partial charge >= 0.3 is 0 Å². The van der Waals surface area contributed by atoms with Gasteiger partial charge < -0.3 is 4.74 Å². The molecule has 18 heavy (non-hydrogen) atoms. The molecular weight excluding hydrogens is 248 g/mol. The summed E-state index contributed by atoms with van der Waals surface area (Å²) in [6.45, 7) is 4.88. The zero-order valence-electron chi connectivity index (χ0n) is 10.6. The highest BCUT2D eigenvalue weighted by Crippen LogP contribution is 2.21. The fourth-order valence-electron chi connectivity index (χ4n) is 2.15. The van der Waals surface area contributed by atoms with Crippen LogP contribution in [0.25, 0.3) is 5.78 Å². The van der Waals surface area contributed by atoms with Crippen LogP contribution in [0.1, 0.15) is 24.2 Å². The third kappa shape index (κ3) is 2.35. The number of thioether (sulfide) groups is 1. The zero-order valence-corrected chi connectivity index (χ0v) is 11.4. The maximum atomic E-state index is 5.59. The van der Waals surface area contributed by atoms with Crippen molar-refractivity contribution in [3.8, 4) is 0 Å². The van der Waals surface area contributed by atoms with Crippen molar-refractivity contribution in [2.75, 3.05) is 12.4 Å². The predicted molar refractivity (Wildman–Crippen MR) is 70.0 cm³/mol. The van der Waals surface area contributed by atoms with Gasteiger partial charge in [-0.2, -0.15) is 4.98 Å². The lowest BCUT2D eigenvalue weighted by Gasteiger charge is -2.05. The lowest BCUT2D eigenvalue weighted by Crippen LogP contribution is -2.07. The van der Waals surface area contributed by atoms with Gasteiger partial charge in [0.05, 0.1) is 6.10 Å². The topological polar surface area (TPSA) is 52.3 Å². The van der Waals surface area contributed by atoms with E-state index in [4.69, 9.17) is 4.74 Å². The molecule has 96 valence electrons. The van der Waals surface area contributed by atoms with Crippen LogP contribution in [-0.4, -0.2) is 38.0 Å². The van der Waals surface area contributed by atoms with E-state index in [9.17, 15) is 0 Å². The Morgan fingerprint density at radius 1 is 1.44 bits per heavy atom. The molecule has 1 aliphatic rings. The molecule has 1 saturated heterocycles. The first kappa shape index (κ1) is 11.9. The summed E-state index contributed by atoms with van der Waals surface area (Å²) in [5.74, 6) is 1.61. The molecule has 1 fully saturated rings. The number of ether oxygens (including phenoxy) is 1. The molecule has 1 atom stereocenters. The number of hydrogen-bond acceptors (Lipinski definition) is 5. The fraction of sp³-hybridized carbons (Fsp3) is 0.583. The Labute approximate surface area is 110 Å². The molecule has 0 radical (unpaired) electrons. The Morgan fingerprint density at radius 3 is 3.11 bits per heavy atom. The lowest BCUT2D eigenvalue weighted by molar-refractivity contribution is 0.129. The molecule has 3 rings (SSSR count). The van der Waals surface area contributed by atoms with E-state index >= 15 is 0 Å². The normalized spacial score (nSPS) is 19.8. The van der Waals surface area contributed by atoms with E-state index in [0.29, 0.717) is 11.9 Å². The van der Waals surface area contributed by atoms with Gasteiger partial charge in [-0.05, 0) is 32.8 Å². The third-order valence-electron chi connectivity index (χ3n) is 3.02. The van der Waals surface area contributed by atoms with Crippen molar-refractivity contribution in [1.82, 2.24) is 19.6 Å². The SMILES string of the molecule is Cc1cc(C)n2nc(SCC3CCCO3)nc2n1. The molecule has 1 aliphatic heterocycles. The van der Waals surface area contributed by atoms with Gasteiger partial charge in [-0.1, -0.05) is 11.8 Å². The average molecular weight is 264 g/mol. The van der Waals surface area contributed by atoms with Gasteiger partial charge in [-0.15, -0.1) is 5.10 Å². The van der Waals surface area contributed by atoms with Crippen LogP contribution in [0.5, 0.6) is 0 Å². The van der Waals surface area contributed by atoms with Gasteiger partial charge in [0.25, 0.3) is 5.78 Å². The van der Waals surface area contributed by atoms with Crippen molar-refractivity contribution < 1.29 is 4.74 Å². The summed E-state index contributed by atoms with van der Waals surface area (Å²) in [4.78, 5) is 8.83. The summed E-state index contributed by atoms with van der Waals surface area (Å²) in [6, 6.07) is 2.01. The number of fused-ring (bicyclic) bond motifs is 1. The number of rotatable bonds is 3. The number of aromatic nitrogens is 4. The van der Waals surface area contributed by atoms with E-state index in [1.807, 2.05) is 19.9 Å². The molecule has 0 aromatic carbocycles. The number of hydrogen-bond donors (Lipinski definition) is 0. The van der Waals surface area contributed by atoms with Gasteiger partial charge in [-0.25, -0.2) is 9.50 Å². The van der Waals surface area contributed by atoms with Crippen molar-refractivity contribution >= 4 is 17.5 Å². The molecule has 1 unspecified atom stereocenters. The second-order valence-corrected chi connectivity index (χ2v) is 5.58. The maximum Gasteiger partial charge on any atom is 0.253 e. The predicted octanol–water partition coefficient (Wildman–Crippen LogP) is 2.01. The first-order chi connectivity index (χ1) is 8.72. The quantitative estimate of drug-likeness (QED) is 0.794. The molecule has 3 heterocycles. The highest BCUT2D eigenvalue weighted by atomic mass is 32.2. The molecule has 2 aromatic rings. The minimum atomic E-state index is 0.359. The molecule has 6 heteroatoms. The first-order valence-corrected chi connectivity index (χ1v) is 7.16. The molecule has 0 amide bonds. The summed E-state index contributed by atoms with van der Waals surface area (Å²) in [5, 5.41) is 5.25. The van der Waals surface area contributed by atoms with Gasteiger partial charge in [0.15, 0.2) is 0 Å². The van der Waals surface area contributed by atoms with E-state index in [1.165, 1.54) is 6.42 Å². The van der Waals surface area contributed by atoms with Crippen molar-refractivity contribution in [3.63, 3.8) is 0 Å². The van der Waals surface area contributed by atoms with Gasteiger partial charge in [0.2, 0.25) is 5.16 Å². The molecular formula is C12H16N4OS. The Hall–Kier alpha value is -1.14. The summed E-state index contributed by atoms with van der Waals surface area (Å²) in [6.07, 6.45) is 2.68. The van der Waals surface area contributed by atoms with Crippen LogP contribution in [0.3, 0.4) is 0 Å². The van der Waals surface area contributed by atoms with Crippen molar-refractivity contribution in [2.24, 2.45) is 0 Å². The molecule has 5 nitrogen and oxygen atoms in total. The summed E-state index contributed by atoms with van der Waals surface area (Å²) in [7, 11) is 0. The highest BCUT2D eigenvalue weighted by molar-refractivity contribution is 7.99. The van der Waals surface area contributed by atoms with E-state index < -0.39 is 0 Å². The van der Waals surface area contributed by atoms with Gasteiger partial charge in [0, 0.05) is 23.7 Å². The minimum absolute atomic E-state index is 0.359. The second-order valence-electron chi connectivity index (χ2n) is 4.59. The second kappa shape index (κ2) is 4.85. The van der Waals surface area contributed by atoms with E-state index in [0.717, 1.165) is 35.3 Å². The molecule has 0 N–H and O–H groups in total. The van der Waals surface area contributed by atoms with Crippen molar-refractivity contribution in [3.05, 3.63) is 17.5 Å². The fourth-order valence-corrected chi connectivity index (χ4v) is 3.04. The molecule has 2 aromatic heterocycles. The number of nitrogens with zero attached hydrogens (tertiary/aromatic N) is 4. The van der Waals surface area contributed by atoms with Crippen LogP contribution >= 0.6 is 11.8 Å². The van der Waals surface area contributed by atoms with Crippen LogP contribution < -0.4 is 0 Å². The van der Waals surface area contributed by atoms with E-state index in [2.05, 4.69) is 15.1 Å². The standard InChI is InChI=1S/C12H16N4OS/c1-8-6-9(2)16-11(13-8)14-12(15-16)18-7-10-4-3-5-17-10/h6,10H,3-5,7H2,1-2H3. The Morgan fingerprint density at radius 2 is 2.33 bits per heavy atom. The molecule has 0 aliphatic carbocycles. The maximum absolute atomic E-state index is 5.59. The van der Waals surface area contributed by atoms with Gasteiger partial charge in [-0.3, -0.25) is 0 Å². The first-order valence-electron chi connectivity index (χ1n) is 6.18. The monoisotopic (exact) mass is 264 g/mol. The summed E-state index contributed by atoms with van der Waals surface area (Å²) >= 11 is 1.65. The van der Waals surface area contributed by atoms with Crippen LogP contribution in [0, 0.1) is 13.8 Å². The molecule has 0 spiro atoms. The zero-order chi connectivity index (χ0) is 12.5. The van der Waals surface area contributed by atoms with Crippen molar-refractivity contribution in [1.29, 1.82) is 0 Å².